The fraction of sp³-hybridized carbons (Fsp3) is 0.0909. The summed E-state index contributed by atoms with van der Waals surface area (Å²) in [5.41, 5.74) is 3.48. The van der Waals surface area contributed by atoms with Crippen molar-refractivity contribution in [1.82, 2.24) is 4.90 Å². The molecule has 0 aliphatic carbocycles. The third kappa shape index (κ3) is 2.78. The zero-order chi connectivity index (χ0) is 19.1. The monoisotopic (exact) mass is 389 g/mol. The highest BCUT2D eigenvalue weighted by Crippen LogP contribution is 2.35. The third-order valence-electron chi connectivity index (χ3n) is 4.80. The summed E-state index contributed by atoms with van der Waals surface area (Å²) in [7, 11) is 0. The molecular weight excluding hydrogens is 374 g/mol. The highest BCUT2D eigenvalue weighted by atomic mass is 32.1. The number of carbonyl (C=O) groups excluding carboxylic acids is 2. The predicted molar refractivity (Wildman–Crippen MR) is 106 cm³/mol. The molecule has 0 saturated carbocycles. The highest BCUT2D eigenvalue weighted by molar-refractivity contribution is 7.08. The summed E-state index contributed by atoms with van der Waals surface area (Å²) in [6, 6.07) is 14.6. The van der Waals surface area contributed by atoms with Gasteiger partial charge in [-0.1, -0.05) is 24.3 Å². The first-order chi connectivity index (χ1) is 13.7. The molecule has 28 heavy (non-hydrogen) atoms. The second-order valence-electron chi connectivity index (χ2n) is 6.54. The SMILES string of the molecule is O=C1C(=Cc2ccsc2)c2ccccc2C(=O)N1Cc1ccc2c(c1)OCO2. The number of fused-ring (bicyclic) bond motifs is 2. The standard InChI is InChI=1S/C22H15NO4S/c24-21-17-4-2-1-3-16(17)18(9-15-7-8-28-12-15)22(25)23(21)11-14-5-6-19-20(10-14)27-13-26-19/h1-10,12H,11,13H2. The van der Waals surface area contributed by atoms with Crippen LogP contribution in [0.2, 0.25) is 0 Å². The van der Waals surface area contributed by atoms with E-state index in [0.29, 0.717) is 28.2 Å². The Morgan fingerprint density at radius 3 is 2.61 bits per heavy atom. The van der Waals surface area contributed by atoms with E-state index < -0.39 is 0 Å². The first-order valence-corrected chi connectivity index (χ1v) is 9.73. The Kier molecular flexibility index (Phi) is 3.98. The number of rotatable bonds is 3. The van der Waals surface area contributed by atoms with Crippen molar-refractivity contribution in [2.75, 3.05) is 6.79 Å². The maximum Gasteiger partial charge on any atom is 0.261 e. The molecule has 0 spiro atoms. The smallest absolute Gasteiger partial charge is 0.261 e. The van der Waals surface area contributed by atoms with E-state index in [1.165, 1.54) is 4.90 Å². The van der Waals surface area contributed by atoms with Crippen molar-refractivity contribution >= 4 is 34.8 Å². The van der Waals surface area contributed by atoms with E-state index in [2.05, 4.69) is 0 Å². The number of thiophene rings is 1. The Morgan fingerprint density at radius 1 is 0.964 bits per heavy atom. The van der Waals surface area contributed by atoms with Crippen molar-refractivity contribution in [2.45, 2.75) is 6.54 Å². The number of imide groups is 1. The van der Waals surface area contributed by atoms with Crippen LogP contribution in [0.15, 0.2) is 59.3 Å². The number of hydrogen-bond acceptors (Lipinski definition) is 5. The largest absolute Gasteiger partial charge is 0.454 e. The van der Waals surface area contributed by atoms with Crippen LogP contribution in [-0.4, -0.2) is 23.5 Å². The van der Waals surface area contributed by atoms with Crippen LogP contribution in [0, 0.1) is 0 Å². The predicted octanol–water partition coefficient (Wildman–Crippen LogP) is 4.20. The molecule has 0 unspecified atom stereocenters. The molecule has 1 aromatic heterocycles. The van der Waals surface area contributed by atoms with Gasteiger partial charge in [0.05, 0.1) is 6.54 Å². The fourth-order valence-corrected chi connectivity index (χ4v) is 4.05. The summed E-state index contributed by atoms with van der Waals surface area (Å²) < 4.78 is 10.7. The first kappa shape index (κ1) is 16.8. The van der Waals surface area contributed by atoms with E-state index in [1.54, 1.807) is 23.5 Å². The molecular formula is C22H15NO4S. The average Bonchev–Trinajstić information content (AvgIpc) is 3.40. The van der Waals surface area contributed by atoms with Crippen molar-refractivity contribution in [1.29, 1.82) is 0 Å². The summed E-state index contributed by atoms with van der Waals surface area (Å²) in [6.07, 6.45) is 1.84. The number of hydrogen-bond donors (Lipinski definition) is 0. The second-order valence-corrected chi connectivity index (χ2v) is 7.32. The van der Waals surface area contributed by atoms with E-state index in [1.807, 2.05) is 53.2 Å². The molecule has 3 aromatic rings. The number of benzene rings is 2. The van der Waals surface area contributed by atoms with E-state index >= 15 is 0 Å². The molecule has 2 amide bonds. The van der Waals surface area contributed by atoms with Crippen LogP contribution in [0.3, 0.4) is 0 Å². The minimum Gasteiger partial charge on any atom is -0.454 e. The van der Waals surface area contributed by atoms with Crippen LogP contribution < -0.4 is 9.47 Å². The van der Waals surface area contributed by atoms with Crippen molar-refractivity contribution in [3.05, 3.63) is 81.5 Å². The minimum absolute atomic E-state index is 0.170. The Hall–Kier alpha value is -3.38. The average molecular weight is 389 g/mol. The van der Waals surface area contributed by atoms with E-state index in [-0.39, 0.29) is 25.2 Å². The quantitative estimate of drug-likeness (QED) is 0.498. The number of ether oxygens (including phenoxy) is 2. The van der Waals surface area contributed by atoms with Gasteiger partial charge in [-0.15, -0.1) is 0 Å². The molecule has 5 rings (SSSR count). The molecule has 0 radical (unpaired) electrons. The van der Waals surface area contributed by atoms with Gasteiger partial charge in [-0.3, -0.25) is 14.5 Å². The van der Waals surface area contributed by atoms with Gasteiger partial charge < -0.3 is 9.47 Å². The Morgan fingerprint density at radius 2 is 1.79 bits per heavy atom. The van der Waals surface area contributed by atoms with Crippen LogP contribution in [0.1, 0.15) is 27.0 Å². The number of nitrogens with zero attached hydrogens (tertiary/aromatic N) is 1. The van der Waals surface area contributed by atoms with Crippen molar-refractivity contribution in [3.63, 3.8) is 0 Å². The maximum atomic E-state index is 13.2. The number of amides is 2. The van der Waals surface area contributed by atoms with Crippen LogP contribution in [0.25, 0.3) is 11.6 Å². The van der Waals surface area contributed by atoms with Gasteiger partial charge in [0.1, 0.15) is 0 Å². The lowest BCUT2D eigenvalue weighted by Crippen LogP contribution is -2.41. The molecule has 0 bridgehead atoms. The highest BCUT2D eigenvalue weighted by Gasteiger charge is 2.34. The fourth-order valence-electron chi connectivity index (χ4n) is 3.43. The number of carbonyl (C=O) groups is 2. The lowest BCUT2D eigenvalue weighted by Gasteiger charge is -2.28. The molecule has 0 atom stereocenters. The van der Waals surface area contributed by atoms with Crippen LogP contribution in [0.5, 0.6) is 11.5 Å². The van der Waals surface area contributed by atoms with Gasteiger partial charge in [-0.2, -0.15) is 11.3 Å². The van der Waals surface area contributed by atoms with Gasteiger partial charge in [0.25, 0.3) is 11.8 Å². The van der Waals surface area contributed by atoms with E-state index in [4.69, 9.17) is 9.47 Å². The Labute approximate surface area is 165 Å². The molecule has 2 aromatic carbocycles. The van der Waals surface area contributed by atoms with Crippen molar-refractivity contribution < 1.29 is 19.1 Å². The van der Waals surface area contributed by atoms with Gasteiger partial charge >= 0.3 is 0 Å². The van der Waals surface area contributed by atoms with Crippen molar-refractivity contribution in [2.24, 2.45) is 0 Å². The third-order valence-corrected chi connectivity index (χ3v) is 5.50. The summed E-state index contributed by atoms with van der Waals surface area (Å²) in [6.45, 7) is 0.352. The lowest BCUT2D eigenvalue weighted by atomic mass is 9.92. The molecule has 2 aliphatic rings. The van der Waals surface area contributed by atoms with Gasteiger partial charge in [0.15, 0.2) is 11.5 Å². The maximum absolute atomic E-state index is 13.2. The van der Waals surface area contributed by atoms with Crippen LogP contribution >= 0.6 is 11.3 Å². The Balaban J connectivity index is 1.55. The molecule has 6 heteroatoms. The Bertz CT molecular complexity index is 1120. The molecule has 2 aliphatic heterocycles. The van der Waals surface area contributed by atoms with Crippen LogP contribution in [-0.2, 0) is 11.3 Å². The minimum atomic E-state index is -0.299. The van der Waals surface area contributed by atoms with Gasteiger partial charge in [0, 0.05) is 11.1 Å². The molecule has 0 saturated heterocycles. The van der Waals surface area contributed by atoms with Gasteiger partial charge in [-0.05, 0) is 57.8 Å². The molecule has 138 valence electrons. The van der Waals surface area contributed by atoms with Crippen LogP contribution in [0.4, 0.5) is 0 Å². The summed E-state index contributed by atoms with van der Waals surface area (Å²) in [5, 5.41) is 3.93. The second kappa shape index (κ2) is 6.65. The topological polar surface area (TPSA) is 55.8 Å². The summed E-state index contributed by atoms with van der Waals surface area (Å²) in [4.78, 5) is 27.6. The van der Waals surface area contributed by atoms with E-state index in [9.17, 15) is 9.59 Å². The normalized spacial score (nSPS) is 16.6. The zero-order valence-electron chi connectivity index (χ0n) is 14.8. The summed E-state index contributed by atoms with van der Waals surface area (Å²) >= 11 is 1.56. The molecule has 3 heterocycles. The van der Waals surface area contributed by atoms with Crippen molar-refractivity contribution in [3.8, 4) is 11.5 Å². The lowest BCUT2D eigenvalue weighted by molar-refractivity contribution is -0.123. The molecule has 5 nitrogen and oxygen atoms in total. The molecule has 0 N–H and O–H groups in total. The van der Waals surface area contributed by atoms with Gasteiger partial charge in [0.2, 0.25) is 6.79 Å². The summed E-state index contributed by atoms with van der Waals surface area (Å²) in [5.74, 6) is 0.709. The zero-order valence-corrected chi connectivity index (χ0v) is 15.6. The first-order valence-electron chi connectivity index (χ1n) is 8.79. The molecule has 0 fully saturated rings. The van der Waals surface area contributed by atoms with E-state index in [0.717, 1.165) is 11.1 Å². The van der Waals surface area contributed by atoms with Gasteiger partial charge in [-0.25, -0.2) is 0 Å².